The third-order valence-corrected chi connectivity index (χ3v) is 5.12. The van der Waals surface area contributed by atoms with Gasteiger partial charge in [0.25, 0.3) is 0 Å². The van der Waals surface area contributed by atoms with Gasteiger partial charge < -0.3 is 14.9 Å². The number of ketones is 1. The van der Waals surface area contributed by atoms with Crippen LogP contribution in [0.4, 0.5) is 0 Å². The number of hydrogen-bond donors (Lipinski definition) is 2. The van der Waals surface area contributed by atoms with E-state index in [1.807, 2.05) is 0 Å². The Balaban J connectivity index is 1.98. The van der Waals surface area contributed by atoms with E-state index in [1.54, 1.807) is 0 Å². The first-order valence-corrected chi connectivity index (χ1v) is 11.0. The van der Waals surface area contributed by atoms with Crippen LogP contribution >= 0.6 is 0 Å². The van der Waals surface area contributed by atoms with Gasteiger partial charge in [0.05, 0.1) is 6.61 Å². The van der Waals surface area contributed by atoms with Crippen molar-refractivity contribution in [2.45, 2.75) is 103 Å². The largest absolute Gasteiger partial charge is 0.507 e. The second-order valence-electron chi connectivity index (χ2n) is 7.59. The molecule has 0 aliphatic carbocycles. The zero-order valence-electron chi connectivity index (χ0n) is 17.5. The molecule has 0 bridgehead atoms. The summed E-state index contributed by atoms with van der Waals surface area (Å²) in [6, 6.07) is 0. The first kappa shape index (κ1) is 24.4. The fraction of sp³-hybridized carbons (Fsp3) is 0.739. The van der Waals surface area contributed by atoms with Crippen molar-refractivity contribution in [1.82, 2.24) is 0 Å². The number of ether oxygens (including phenoxy) is 1. The smallest absolute Gasteiger partial charge is 0.346 e. The molecule has 5 heteroatoms. The Bertz CT molecular complexity index is 521. The molecule has 0 saturated heterocycles. The van der Waals surface area contributed by atoms with Crippen molar-refractivity contribution in [1.29, 1.82) is 0 Å². The zero-order chi connectivity index (χ0) is 20.6. The summed E-state index contributed by atoms with van der Waals surface area (Å²) in [7, 11) is 0. The minimum absolute atomic E-state index is 0.223. The number of unbranched alkanes of at least 4 members (excludes halogenated alkanes) is 11. The highest BCUT2D eigenvalue weighted by Crippen LogP contribution is 2.23. The highest BCUT2D eigenvalue weighted by Gasteiger charge is 2.37. The molecule has 1 atom stereocenters. The van der Waals surface area contributed by atoms with Gasteiger partial charge in [0.2, 0.25) is 0 Å². The summed E-state index contributed by atoms with van der Waals surface area (Å²) >= 11 is 0. The van der Waals surface area contributed by atoms with Gasteiger partial charge in [-0.25, -0.2) is 4.79 Å². The van der Waals surface area contributed by atoms with E-state index >= 15 is 0 Å². The molecule has 1 heterocycles. The Hall–Kier alpha value is -1.62. The van der Waals surface area contributed by atoms with Crippen LogP contribution in [-0.2, 0) is 14.3 Å². The van der Waals surface area contributed by atoms with E-state index < -0.39 is 30.2 Å². The highest BCUT2D eigenvalue weighted by atomic mass is 16.6. The summed E-state index contributed by atoms with van der Waals surface area (Å²) in [4.78, 5) is 23.6. The van der Waals surface area contributed by atoms with Crippen molar-refractivity contribution in [3.63, 3.8) is 0 Å². The lowest BCUT2D eigenvalue weighted by Crippen LogP contribution is -2.15. The number of rotatable bonds is 17. The highest BCUT2D eigenvalue weighted by molar-refractivity contribution is 6.19. The Morgan fingerprint density at radius 1 is 0.929 bits per heavy atom. The normalized spacial score (nSPS) is 16.9. The van der Waals surface area contributed by atoms with Gasteiger partial charge in [-0.1, -0.05) is 70.4 Å². The first-order chi connectivity index (χ1) is 13.6. The lowest BCUT2D eigenvalue weighted by atomic mass is 10.0. The summed E-state index contributed by atoms with van der Waals surface area (Å²) in [6.45, 7) is 1.73. The van der Waals surface area contributed by atoms with E-state index in [-0.39, 0.29) is 12.0 Å². The van der Waals surface area contributed by atoms with Gasteiger partial charge in [0.1, 0.15) is 5.57 Å². The molecule has 0 fully saturated rings. The van der Waals surface area contributed by atoms with Gasteiger partial charge in [-0.2, -0.15) is 0 Å². The quantitative estimate of drug-likeness (QED) is 0.151. The first-order valence-electron chi connectivity index (χ1n) is 11.0. The van der Waals surface area contributed by atoms with Crippen LogP contribution in [-0.4, -0.2) is 34.7 Å². The second kappa shape index (κ2) is 15.3. The van der Waals surface area contributed by atoms with Gasteiger partial charge >= 0.3 is 5.97 Å². The van der Waals surface area contributed by atoms with Gasteiger partial charge in [0, 0.05) is 6.42 Å². The molecule has 0 saturated carbocycles. The van der Waals surface area contributed by atoms with Crippen molar-refractivity contribution in [3.8, 4) is 0 Å². The minimum Gasteiger partial charge on any atom is -0.507 e. The standard InChI is InChI=1S/C23H38O5/c1-2-3-4-5-6-7-8-9-10-11-12-13-14-15-16-17-19(25)21-22(26)20(18-24)28-23(21)27/h10-11,20,24,26H,2-9,12-18H2,1H3/b11-10-/t20-/m1/s1. The van der Waals surface area contributed by atoms with Crippen LogP contribution in [0.1, 0.15) is 96.8 Å². The van der Waals surface area contributed by atoms with Gasteiger partial charge in [0.15, 0.2) is 17.6 Å². The summed E-state index contributed by atoms with van der Waals surface area (Å²) in [5.41, 5.74) is -0.285. The van der Waals surface area contributed by atoms with Gasteiger partial charge in [-0.15, -0.1) is 0 Å². The molecule has 2 N–H and O–H groups in total. The van der Waals surface area contributed by atoms with E-state index in [9.17, 15) is 14.7 Å². The molecule has 0 unspecified atom stereocenters. The van der Waals surface area contributed by atoms with Crippen LogP contribution in [0, 0.1) is 0 Å². The van der Waals surface area contributed by atoms with E-state index in [0.29, 0.717) is 6.42 Å². The maximum absolute atomic E-state index is 12.1. The third-order valence-electron chi connectivity index (χ3n) is 5.12. The summed E-state index contributed by atoms with van der Waals surface area (Å²) in [5.74, 6) is -1.65. The molecule has 160 valence electrons. The molecular weight excluding hydrogens is 356 g/mol. The van der Waals surface area contributed by atoms with Crippen LogP contribution in [0.15, 0.2) is 23.5 Å². The van der Waals surface area contributed by atoms with E-state index in [0.717, 1.165) is 25.7 Å². The summed E-state index contributed by atoms with van der Waals surface area (Å²) < 4.78 is 4.74. The SMILES string of the molecule is CCCCCCCCC/C=C\CCCCCCC(=O)C1=C(O)[C@@H](CO)OC1=O. The predicted octanol–water partition coefficient (Wildman–Crippen LogP) is 5.32. The maximum atomic E-state index is 12.1. The number of carbonyl (C=O) groups excluding carboxylic acids is 2. The van der Waals surface area contributed by atoms with Crippen LogP contribution < -0.4 is 0 Å². The number of hydrogen-bond acceptors (Lipinski definition) is 5. The summed E-state index contributed by atoms with van der Waals surface area (Å²) in [5, 5.41) is 18.7. The zero-order valence-corrected chi connectivity index (χ0v) is 17.5. The Labute approximate surface area is 169 Å². The average Bonchev–Trinajstić information content (AvgIpc) is 2.98. The van der Waals surface area contributed by atoms with Crippen molar-refractivity contribution < 1.29 is 24.5 Å². The molecule has 0 radical (unpaired) electrons. The van der Waals surface area contributed by atoms with Crippen molar-refractivity contribution in [2.75, 3.05) is 6.61 Å². The van der Waals surface area contributed by atoms with E-state index in [1.165, 1.54) is 51.4 Å². The molecule has 0 amide bonds. The number of aliphatic hydroxyl groups excluding tert-OH is 2. The molecule has 1 aliphatic heterocycles. The lowest BCUT2D eigenvalue weighted by molar-refractivity contribution is -0.142. The molecule has 0 spiro atoms. The van der Waals surface area contributed by atoms with Crippen LogP contribution in [0.25, 0.3) is 0 Å². The second-order valence-corrected chi connectivity index (χ2v) is 7.59. The Kier molecular flexibility index (Phi) is 13.4. The third kappa shape index (κ3) is 9.54. The fourth-order valence-corrected chi connectivity index (χ4v) is 3.37. The van der Waals surface area contributed by atoms with Crippen molar-refractivity contribution in [3.05, 3.63) is 23.5 Å². The number of cyclic esters (lactones) is 1. The number of esters is 1. The minimum atomic E-state index is -1.08. The van der Waals surface area contributed by atoms with Crippen molar-refractivity contribution in [2.24, 2.45) is 0 Å². The Morgan fingerprint density at radius 2 is 1.46 bits per heavy atom. The monoisotopic (exact) mass is 394 g/mol. The average molecular weight is 395 g/mol. The molecular formula is C23H38O5. The summed E-state index contributed by atoms with van der Waals surface area (Å²) in [6.07, 6.45) is 19.1. The van der Waals surface area contributed by atoms with E-state index in [2.05, 4.69) is 19.1 Å². The van der Waals surface area contributed by atoms with Crippen LogP contribution in [0.2, 0.25) is 0 Å². The lowest BCUT2D eigenvalue weighted by Gasteiger charge is -2.03. The van der Waals surface area contributed by atoms with Gasteiger partial charge in [-0.3, -0.25) is 4.79 Å². The van der Waals surface area contributed by atoms with Crippen molar-refractivity contribution >= 4 is 11.8 Å². The fourth-order valence-electron chi connectivity index (χ4n) is 3.37. The van der Waals surface area contributed by atoms with E-state index in [4.69, 9.17) is 9.84 Å². The number of carbonyl (C=O) groups is 2. The maximum Gasteiger partial charge on any atom is 0.346 e. The number of Topliss-reactive ketones (excluding diaryl/α,β-unsaturated/α-hetero) is 1. The molecule has 1 aliphatic rings. The van der Waals surface area contributed by atoms with Crippen LogP contribution in [0.3, 0.4) is 0 Å². The topological polar surface area (TPSA) is 83.8 Å². The van der Waals surface area contributed by atoms with Crippen LogP contribution in [0.5, 0.6) is 0 Å². The molecule has 0 aromatic carbocycles. The molecule has 1 rings (SSSR count). The number of aliphatic hydroxyl groups is 2. The number of allylic oxidation sites excluding steroid dienone is 2. The molecule has 28 heavy (non-hydrogen) atoms. The predicted molar refractivity (Wildman–Crippen MR) is 111 cm³/mol. The molecule has 0 aromatic heterocycles. The molecule has 5 nitrogen and oxygen atoms in total. The molecule has 0 aromatic rings. The van der Waals surface area contributed by atoms with Gasteiger partial charge in [-0.05, 0) is 32.1 Å². The Morgan fingerprint density at radius 3 is 2.00 bits per heavy atom.